The highest BCUT2D eigenvalue weighted by Gasteiger charge is 2.30. The van der Waals surface area contributed by atoms with Gasteiger partial charge in [-0.05, 0) is 65.1 Å². The van der Waals surface area contributed by atoms with E-state index in [0.29, 0.717) is 49.9 Å². The minimum Gasteiger partial charge on any atom is -0.473 e. The zero-order valence-electron chi connectivity index (χ0n) is 28.2. The number of carbonyl (C=O) groups is 1. The fourth-order valence-corrected chi connectivity index (χ4v) is 7.02. The van der Waals surface area contributed by atoms with E-state index in [2.05, 4.69) is 36.1 Å². The summed E-state index contributed by atoms with van der Waals surface area (Å²) in [5.74, 6) is 1.87. The maximum Gasteiger partial charge on any atom is 0.407 e. The molecule has 2 aromatic heterocycles. The molecule has 2 aliphatic heterocycles. The van der Waals surface area contributed by atoms with Crippen LogP contribution in [0.4, 0.5) is 4.79 Å². The first-order valence-corrected chi connectivity index (χ1v) is 17.1. The van der Waals surface area contributed by atoms with Gasteiger partial charge in [0.25, 0.3) is 0 Å². The minimum atomic E-state index is -0.802. The van der Waals surface area contributed by atoms with E-state index in [1.165, 1.54) is 11.1 Å². The first kappa shape index (κ1) is 32.4. The van der Waals surface area contributed by atoms with Crippen LogP contribution < -0.4 is 9.47 Å². The molecule has 2 aliphatic rings. The van der Waals surface area contributed by atoms with E-state index in [-0.39, 0.29) is 0 Å². The topological polar surface area (TPSA) is 93.0 Å². The van der Waals surface area contributed by atoms with Gasteiger partial charge in [0.05, 0.1) is 11.1 Å². The Kier molecular flexibility index (Phi) is 9.61. The molecule has 4 heterocycles. The quantitative estimate of drug-likeness (QED) is 0.166. The van der Waals surface area contributed by atoms with Gasteiger partial charge in [0.15, 0.2) is 0 Å². The Balaban J connectivity index is 1.09. The molecule has 1 fully saturated rings. The zero-order valence-corrected chi connectivity index (χ0v) is 28.2. The van der Waals surface area contributed by atoms with Crippen LogP contribution in [0.25, 0.3) is 27.7 Å². The standard InChI is InChI=1S/C40H43N5O4/c1-28-24-45(40(46)47)22-19-33(28)25-44-20-17-31(18-21-44)32-13-14-34-36(23-32)43(2)42-38(34)35-15-16-37(48-26-29-9-5-3-6-10-29)41-39(35)49-27-30-11-7-4-8-12-30/h3-17,23,28,33H,18-22,24-27H2,1-2H3,(H,46,47)/t28-,33+/m0/s1. The number of aromatic nitrogens is 3. The number of pyridine rings is 1. The van der Waals surface area contributed by atoms with Crippen LogP contribution in [-0.4, -0.2) is 68.5 Å². The second kappa shape index (κ2) is 14.5. The molecule has 2 atom stereocenters. The third kappa shape index (κ3) is 7.47. The predicted octanol–water partition coefficient (Wildman–Crippen LogP) is 7.52. The number of rotatable bonds is 10. The summed E-state index contributed by atoms with van der Waals surface area (Å²) in [4.78, 5) is 20.3. The molecular formula is C40H43N5O4. The van der Waals surface area contributed by atoms with Crippen molar-refractivity contribution in [2.24, 2.45) is 18.9 Å². The molecule has 9 heteroatoms. The van der Waals surface area contributed by atoms with Gasteiger partial charge in [-0.15, -0.1) is 0 Å². The van der Waals surface area contributed by atoms with Crippen molar-refractivity contribution in [3.05, 3.63) is 114 Å². The predicted molar refractivity (Wildman–Crippen MR) is 191 cm³/mol. The third-order valence-electron chi connectivity index (χ3n) is 9.90. The van der Waals surface area contributed by atoms with Gasteiger partial charge in [-0.25, -0.2) is 4.79 Å². The van der Waals surface area contributed by atoms with E-state index in [1.807, 2.05) is 84.5 Å². The molecule has 9 nitrogen and oxygen atoms in total. The van der Waals surface area contributed by atoms with Gasteiger partial charge >= 0.3 is 6.09 Å². The Morgan fingerprint density at radius 2 is 1.65 bits per heavy atom. The summed E-state index contributed by atoms with van der Waals surface area (Å²) >= 11 is 0. The molecule has 1 saturated heterocycles. The van der Waals surface area contributed by atoms with Gasteiger partial charge in [-0.3, -0.25) is 9.58 Å². The van der Waals surface area contributed by atoms with E-state index in [9.17, 15) is 9.90 Å². The smallest absolute Gasteiger partial charge is 0.407 e. The van der Waals surface area contributed by atoms with Gasteiger partial charge in [0.1, 0.15) is 18.9 Å². The lowest BCUT2D eigenvalue weighted by atomic mass is 9.86. The van der Waals surface area contributed by atoms with Crippen molar-refractivity contribution in [2.45, 2.75) is 33.0 Å². The van der Waals surface area contributed by atoms with Crippen molar-refractivity contribution >= 4 is 22.6 Å². The van der Waals surface area contributed by atoms with Crippen molar-refractivity contribution in [1.29, 1.82) is 0 Å². The largest absolute Gasteiger partial charge is 0.473 e. The molecule has 1 amide bonds. The molecular weight excluding hydrogens is 614 g/mol. The number of carboxylic acid groups (broad SMARTS) is 1. The van der Waals surface area contributed by atoms with E-state index in [1.54, 1.807) is 4.90 Å². The number of likely N-dealkylation sites (tertiary alicyclic amines) is 1. The van der Waals surface area contributed by atoms with Gasteiger partial charge in [-0.1, -0.05) is 79.7 Å². The van der Waals surface area contributed by atoms with Crippen molar-refractivity contribution < 1.29 is 19.4 Å². The molecule has 49 heavy (non-hydrogen) atoms. The highest BCUT2D eigenvalue weighted by Crippen LogP contribution is 2.37. The Hall–Kier alpha value is -5.15. The number of aryl methyl sites for hydroxylation is 1. The Labute approximate surface area is 287 Å². The zero-order chi connectivity index (χ0) is 33.7. The molecule has 252 valence electrons. The SMILES string of the molecule is C[C@H]1CN(C(=O)O)CC[C@@H]1CN1CC=C(c2ccc3c(-c4ccc(OCc5ccccc5)nc4OCc4ccccc4)nn(C)c3c2)CC1. The lowest BCUT2D eigenvalue weighted by Gasteiger charge is -2.38. The molecule has 0 radical (unpaired) electrons. The van der Waals surface area contributed by atoms with Gasteiger partial charge in [0, 0.05) is 51.2 Å². The summed E-state index contributed by atoms with van der Waals surface area (Å²) in [5.41, 5.74) is 7.38. The van der Waals surface area contributed by atoms with Crippen molar-refractivity contribution in [3.8, 4) is 23.0 Å². The van der Waals surface area contributed by atoms with Crippen LogP contribution in [0.15, 0.2) is 97.1 Å². The number of nitrogens with zero attached hydrogens (tertiary/aromatic N) is 5. The van der Waals surface area contributed by atoms with E-state index >= 15 is 0 Å². The average molecular weight is 658 g/mol. The van der Waals surface area contributed by atoms with Crippen molar-refractivity contribution in [1.82, 2.24) is 24.6 Å². The van der Waals surface area contributed by atoms with E-state index < -0.39 is 6.09 Å². The highest BCUT2D eigenvalue weighted by atomic mass is 16.5. The molecule has 0 saturated carbocycles. The Morgan fingerprint density at radius 3 is 2.33 bits per heavy atom. The molecule has 0 unspecified atom stereocenters. The maximum atomic E-state index is 11.4. The Morgan fingerprint density at radius 1 is 0.918 bits per heavy atom. The number of hydrogen-bond acceptors (Lipinski definition) is 6. The van der Waals surface area contributed by atoms with E-state index in [4.69, 9.17) is 19.6 Å². The molecule has 0 aliphatic carbocycles. The first-order chi connectivity index (χ1) is 23.9. The second-order valence-electron chi connectivity index (χ2n) is 13.2. The normalized spacial score (nSPS) is 18.3. The summed E-state index contributed by atoms with van der Waals surface area (Å²) in [6.45, 7) is 7.16. The van der Waals surface area contributed by atoms with Crippen LogP contribution in [0, 0.1) is 11.8 Å². The van der Waals surface area contributed by atoms with Crippen molar-refractivity contribution in [3.63, 3.8) is 0 Å². The van der Waals surface area contributed by atoms with Crippen LogP contribution in [0.2, 0.25) is 0 Å². The summed E-state index contributed by atoms with van der Waals surface area (Å²) in [6.07, 6.45) is 3.46. The van der Waals surface area contributed by atoms with Crippen molar-refractivity contribution in [2.75, 3.05) is 32.7 Å². The summed E-state index contributed by atoms with van der Waals surface area (Å²) in [7, 11) is 1.98. The van der Waals surface area contributed by atoms with Gasteiger partial charge in [-0.2, -0.15) is 10.1 Å². The summed E-state index contributed by atoms with van der Waals surface area (Å²) < 4.78 is 14.4. The maximum absolute atomic E-state index is 11.4. The number of fused-ring (bicyclic) bond motifs is 1. The fraction of sp³-hybridized carbons (Fsp3) is 0.325. The number of piperidine rings is 1. The number of benzene rings is 3. The summed E-state index contributed by atoms with van der Waals surface area (Å²) in [6, 6.07) is 30.6. The van der Waals surface area contributed by atoms with Crippen LogP contribution in [0.1, 0.15) is 36.5 Å². The molecule has 7 rings (SSSR count). The molecule has 0 spiro atoms. The Bertz CT molecular complexity index is 1940. The molecule has 0 bridgehead atoms. The van der Waals surface area contributed by atoms with E-state index in [0.717, 1.165) is 65.8 Å². The second-order valence-corrected chi connectivity index (χ2v) is 13.2. The number of ether oxygens (including phenoxy) is 2. The highest BCUT2D eigenvalue weighted by molar-refractivity contribution is 5.96. The summed E-state index contributed by atoms with van der Waals surface area (Å²) in [5, 5.41) is 15.4. The fourth-order valence-electron chi connectivity index (χ4n) is 7.02. The minimum absolute atomic E-state index is 0.370. The van der Waals surface area contributed by atoms with Crippen LogP contribution in [0.5, 0.6) is 11.8 Å². The molecule has 3 aromatic carbocycles. The van der Waals surface area contributed by atoms with Crippen LogP contribution in [0.3, 0.4) is 0 Å². The number of amides is 1. The third-order valence-corrected chi connectivity index (χ3v) is 9.90. The van der Waals surface area contributed by atoms with Gasteiger partial charge in [0.2, 0.25) is 11.8 Å². The molecule has 5 aromatic rings. The average Bonchev–Trinajstić information content (AvgIpc) is 3.46. The van der Waals surface area contributed by atoms with Crippen LogP contribution in [-0.2, 0) is 20.3 Å². The molecule has 1 N–H and O–H groups in total. The first-order valence-electron chi connectivity index (χ1n) is 17.1. The van der Waals surface area contributed by atoms with Crippen LogP contribution >= 0.6 is 0 Å². The monoisotopic (exact) mass is 657 g/mol. The number of hydrogen-bond donors (Lipinski definition) is 1. The lowest BCUT2D eigenvalue weighted by molar-refractivity contribution is 0.0868. The lowest BCUT2D eigenvalue weighted by Crippen LogP contribution is -2.46. The van der Waals surface area contributed by atoms with Gasteiger partial charge < -0.3 is 19.5 Å².